The van der Waals surface area contributed by atoms with Crippen molar-refractivity contribution in [1.82, 2.24) is 9.80 Å². The summed E-state index contributed by atoms with van der Waals surface area (Å²) < 4.78 is 5.38. The average molecular weight is 533 g/mol. The summed E-state index contributed by atoms with van der Waals surface area (Å²) in [6.45, 7) is 2.00. The molecular weight excluding hydrogens is 488 g/mol. The first-order valence-corrected chi connectivity index (χ1v) is 15.1. The smallest absolute Gasteiger partial charge is 0.317 e. The number of piperidine rings is 2. The van der Waals surface area contributed by atoms with Crippen LogP contribution in [0.3, 0.4) is 0 Å². The van der Waals surface area contributed by atoms with E-state index in [2.05, 4.69) is 36.4 Å². The van der Waals surface area contributed by atoms with Gasteiger partial charge in [-0.25, -0.2) is 0 Å². The van der Waals surface area contributed by atoms with Crippen molar-refractivity contribution in [2.24, 2.45) is 11.3 Å². The van der Waals surface area contributed by atoms with E-state index in [9.17, 15) is 14.4 Å². The van der Waals surface area contributed by atoms with Gasteiger partial charge in [0, 0.05) is 37.7 Å². The number of likely N-dealkylation sites (tertiary alicyclic amines) is 2. The van der Waals surface area contributed by atoms with Crippen LogP contribution in [-0.2, 0) is 19.1 Å². The maximum atomic E-state index is 14.0. The number of hydrogen-bond donors (Lipinski definition) is 0. The van der Waals surface area contributed by atoms with Crippen LogP contribution in [0.1, 0.15) is 95.0 Å². The van der Waals surface area contributed by atoms with Gasteiger partial charge in [-0.3, -0.25) is 14.4 Å². The molecule has 0 aromatic heterocycles. The van der Waals surface area contributed by atoms with Crippen LogP contribution in [0.15, 0.2) is 53.8 Å². The van der Waals surface area contributed by atoms with Crippen molar-refractivity contribution in [2.45, 2.75) is 89.4 Å². The summed E-state index contributed by atoms with van der Waals surface area (Å²) in [4.78, 5) is 44.8. The minimum atomic E-state index is -0.842. The molecule has 0 unspecified atom stereocenters. The van der Waals surface area contributed by atoms with Gasteiger partial charge in [-0.05, 0) is 82.1 Å². The van der Waals surface area contributed by atoms with Crippen LogP contribution in [0, 0.1) is 11.3 Å². The zero-order valence-electron chi connectivity index (χ0n) is 23.5. The van der Waals surface area contributed by atoms with E-state index in [1.54, 1.807) is 0 Å². The number of hydrogen-bond acceptors (Lipinski definition) is 4. The van der Waals surface area contributed by atoms with Crippen LogP contribution in [0.5, 0.6) is 0 Å². The number of carbonyl (C=O) groups is 3. The first-order chi connectivity index (χ1) is 19.0. The van der Waals surface area contributed by atoms with Gasteiger partial charge in [0.15, 0.2) is 0 Å². The Morgan fingerprint density at radius 1 is 1.00 bits per heavy atom. The van der Waals surface area contributed by atoms with E-state index >= 15 is 0 Å². The quantitative estimate of drug-likeness (QED) is 0.313. The largest absolute Gasteiger partial charge is 0.468 e. The minimum Gasteiger partial charge on any atom is -0.468 e. The lowest BCUT2D eigenvalue weighted by molar-refractivity contribution is -0.160. The standard InChI is InChI=1S/C33H44N2O4/c1-39-32(38)33-19-10-4-9-15-29(33)35(22-16-25-11-5-2-6-12-25)31(37)28(24-33)23-30(36)34-20-17-27(18-21-34)26-13-7-3-8-14-26/h3,7-8,11,13-15,27-28H,2,4-6,9-10,12,16-24H2,1H3/t28-,33+/m1/s1. The molecule has 2 aliphatic heterocycles. The van der Waals surface area contributed by atoms with Gasteiger partial charge in [0.05, 0.1) is 7.11 Å². The molecule has 1 aromatic rings. The van der Waals surface area contributed by atoms with E-state index in [-0.39, 0.29) is 24.2 Å². The van der Waals surface area contributed by atoms with Crippen LogP contribution in [-0.4, -0.2) is 54.3 Å². The molecule has 4 aliphatic rings. The summed E-state index contributed by atoms with van der Waals surface area (Å²) in [5.41, 5.74) is 2.74. The summed E-state index contributed by atoms with van der Waals surface area (Å²) in [6, 6.07) is 10.5. The maximum absolute atomic E-state index is 14.0. The number of rotatable bonds is 7. The van der Waals surface area contributed by atoms with Crippen molar-refractivity contribution in [3.63, 3.8) is 0 Å². The first kappa shape index (κ1) is 27.7. The Bertz CT molecular complexity index is 1100. The highest BCUT2D eigenvalue weighted by molar-refractivity contribution is 5.92. The molecule has 2 fully saturated rings. The van der Waals surface area contributed by atoms with Crippen molar-refractivity contribution in [3.8, 4) is 0 Å². The Morgan fingerprint density at radius 3 is 2.46 bits per heavy atom. The Balaban J connectivity index is 1.33. The van der Waals surface area contributed by atoms with Crippen molar-refractivity contribution in [2.75, 3.05) is 26.7 Å². The molecule has 2 aliphatic carbocycles. The van der Waals surface area contributed by atoms with E-state index in [1.807, 2.05) is 15.9 Å². The summed E-state index contributed by atoms with van der Waals surface area (Å²) >= 11 is 0. The van der Waals surface area contributed by atoms with Gasteiger partial charge in [-0.1, -0.05) is 54.5 Å². The predicted molar refractivity (Wildman–Crippen MR) is 152 cm³/mol. The highest BCUT2D eigenvalue weighted by atomic mass is 16.5. The number of esters is 1. The topological polar surface area (TPSA) is 66.9 Å². The third-order valence-corrected chi connectivity index (χ3v) is 9.54. The molecule has 6 nitrogen and oxygen atoms in total. The van der Waals surface area contributed by atoms with Gasteiger partial charge in [-0.15, -0.1) is 0 Å². The van der Waals surface area contributed by atoms with Crippen LogP contribution in [0.2, 0.25) is 0 Å². The Labute approximate surface area is 233 Å². The third kappa shape index (κ3) is 6.00. The lowest BCUT2D eigenvalue weighted by Gasteiger charge is -2.46. The number of benzene rings is 1. The van der Waals surface area contributed by atoms with Gasteiger partial charge in [0.1, 0.15) is 5.41 Å². The number of amides is 2. The molecule has 0 bridgehead atoms. The molecule has 5 rings (SSSR count). The van der Waals surface area contributed by atoms with Crippen molar-refractivity contribution >= 4 is 17.8 Å². The van der Waals surface area contributed by atoms with E-state index in [4.69, 9.17) is 4.74 Å². The molecule has 1 aromatic carbocycles. The average Bonchev–Trinajstić information content (AvgIpc) is 3.21. The summed E-state index contributed by atoms with van der Waals surface area (Å²) in [7, 11) is 1.45. The molecule has 2 heterocycles. The van der Waals surface area contributed by atoms with Gasteiger partial charge < -0.3 is 14.5 Å². The Morgan fingerprint density at radius 2 is 1.74 bits per heavy atom. The molecule has 2 amide bonds. The van der Waals surface area contributed by atoms with Crippen LogP contribution in [0.4, 0.5) is 0 Å². The normalized spacial score (nSPS) is 26.3. The van der Waals surface area contributed by atoms with Crippen molar-refractivity contribution in [1.29, 1.82) is 0 Å². The second-order valence-electron chi connectivity index (χ2n) is 11.9. The van der Waals surface area contributed by atoms with E-state index in [1.165, 1.54) is 31.1 Å². The monoisotopic (exact) mass is 532 g/mol. The summed E-state index contributed by atoms with van der Waals surface area (Å²) in [5, 5.41) is 0. The minimum absolute atomic E-state index is 0.00612. The number of ether oxygens (including phenoxy) is 1. The Kier molecular flexibility index (Phi) is 8.89. The van der Waals surface area contributed by atoms with Crippen LogP contribution >= 0.6 is 0 Å². The molecule has 2 saturated heterocycles. The van der Waals surface area contributed by atoms with Gasteiger partial charge in [0.2, 0.25) is 11.8 Å². The second kappa shape index (κ2) is 12.5. The highest BCUT2D eigenvalue weighted by Crippen LogP contribution is 2.49. The van der Waals surface area contributed by atoms with E-state index in [0.717, 1.165) is 57.1 Å². The number of nitrogens with zero attached hydrogens (tertiary/aromatic N) is 2. The van der Waals surface area contributed by atoms with E-state index in [0.29, 0.717) is 38.4 Å². The molecule has 210 valence electrons. The number of allylic oxidation sites excluding steroid dienone is 2. The fourth-order valence-electron chi connectivity index (χ4n) is 7.35. The Hall–Kier alpha value is -2.89. The number of carbonyl (C=O) groups excluding carboxylic acids is 3. The molecule has 0 saturated carbocycles. The first-order valence-electron chi connectivity index (χ1n) is 15.1. The molecular formula is C33H44N2O4. The predicted octanol–water partition coefficient (Wildman–Crippen LogP) is 6.14. The summed E-state index contributed by atoms with van der Waals surface area (Å²) in [5.74, 6) is -0.245. The molecule has 6 heteroatoms. The van der Waals surface area contributed by atoms with Crippen molar-refractivity contribution < 1.29 is 19.1 Å². The molecule has 2 atom stereocenters. The highest BCUT2D eigenvalue weighted by Gasteiger charge is 2.54. The number of fused-ring (bicyclic) bond motifs is 1. The lowest BCUT2D eigenvalue weighted by atomic mass is 9.68. The van der Waals surface area contributed by atoms with Gasteiger partial charge >= 0.3 is 5.97 Å². The fraction of sp³-hybridized carbons (Fsp3) is 0.606. The van der Waals surface area contributed by atoms with Crippen LogP contribution in [0.25, 0.3) is 0 Å². The molecule has 0 radical (unpaired) electrons. The maximum Gasteiger partial charge on any atom is 0.317 e. The third-order valence-electron chi connectivity index (χ3n) is 9.54. The molecule has 0 N–H and O–H groups in total. The zero-order valence-corrected chi connectivity index (χ0v) is 23.5. The number of methoxy groups -OCH3 is 1. The van der Waals surface area contributed by atoms with Gasteiger partial charge in [-0.2, -0.15) is 0 Å². The zero-order chi connectivity index (χ0) is 27.2. The SMILES string of the molecule is COC(=O)[C@]12CCCCC=C1N(CCC1=CCCCC1)C(=O)[C@H](CC(=O)N1CCC(c3ccccc3)CC1)C2. The second-order valence-corrected chi connectivity index (χ2v) is 11.9. The summed E-state index contributed by atoms with van der Waals surface area (Å²) in [6.07, 6.45) is 15.8. The lowest BCUT2D eigenvalue weighted by Crippen LogP contribution is -2.53. The molecule has 0 spiro atoms. The van der Waals surface area contributed by atoms with Gasteiger partial charge in [0.25, 0.3) is 0 Å². The fourth-order valence-corrected chi connectivity index (χ4v) is 7.35. The van der Waals surface area contributed by atoms with E-state index < -0.39 is 11.3 Å². The molecule has 39 heavy (non-hydrogen) atoms. The van der Waals surface area contributed by atoms with Crippen molar-refractivity contribution in [3.05, 3.63) is 59.3 Å². The van der Waals surface area contributed by atoms with Crippen LogP contribution < -0.4 is 0 Å².